The molecule has 0 aliphatic heterocycles. The zero-order valence-corrected chi connectivity index (χ0v) is 8.61. The van der Waals surface area contributed by atoms with E-state index in [0.717, 1.165) is 19.3 Å². The second kappa shape index (κ2) is 2.61. The lowest BCUT2D eigenvalue weighted by molar-refractivity contribution is 0.130. The van der Waals surface area contributed by atoms with Crippen molar-refractivity contribution >= 4 is 21.4 Å². The lowest BCUT2D eigenvalue weighted by Crippen LogP contribution is -2.58. The summed E-state index contributed by atoms with van der Waals surface area (Å²) >= 11 is 6.05. The first-order chi connectivity index (χ1) is 5.52. The van der Waals surface area contributed by atoms with E-state index in [1.54, 1.807) is 0 Å². The van der Waals surface area contributed by atoms with E-state index in [2.05, 4.69) is 0 Å². The van der Waals surface area contributed by atoms with Gasteiger partial charge >= 0.3 is 0 Å². The number of hydrogen-bond acceptors (Lipinski definition) is 2. The van der Waals surface area contributed by atoms with Crippen molar-refractivity contribution in [2.75, 3.05) is 6.26 Å². The summed E-state index contributed by atoms with van der Waals surface area (Å²) in [5, 5.41) is 0.0206. The minimum Gasteiger partial charge on any atom is -0.229 e. The topological polar surface area (TPSA) is 34.1 Å². The molecule has 3 saturated carbocycles. The molecule has 0 spiro atoms. The van der Waals surface area contributed by atoms with Crippen molar-refractivity contribution in [3.63, 3.8) is 0 Å². The van der Waals surface area contributed by atoms with E-state index < -0.39 is 9.84 Å². The molecule has 70 valence electrons. The second-order valence-electron chi connectivity index (χ2n) is 4.00. The fourth-order valence-corrected chi connectivity index (χ4v) is 5.34. The number of halogens is 1. The first-order valence-electron chi connectivity index (χ1n) is 4.35. The minimum absolute atomic E-state index is 0.117. The third-order valence-corrected chi connectivity index (χ3v) is 5.57. The Morgan fingerprint density at radius 1 is 1.25 bits per heavy atom. The van der Waals surface area contributed by atoms with Gasteiger partial charge in [-0.05, 0) is 24.7 Å². The monoisotopic (exact) mass is 208 g/mol. The summed E-state index contributed by atoms with van der Waals surface area (Å²) in [6.45, 7) is 0. The molecule has 0 saturated heterocycles. The maximum atomic E-state index is 11.3. The van der Waals surface area contributed by atoms with Crippen molar-refractivity contribution in [2.45, 2.75) is 29.9 Å². The van der Waals surface area contributed by atoms with Crippen molar-refractivity contribution < 1.29 is 8.42 Å². The number of rotatable bonds is 1. The van der Waals surface area contributed by atoms with Crippen LogP contribution in [-0.2, 0) is 9.84 Å². The highest BCUT2D eigenvalue weighted by Gasteiger charge is 2.55. The van der Waals surface area contributed by atoms with Crippen LogP contribution in [0.1, 0.15) is 19.3 Å². The highest BCUT2D eigenvalue weighted by atomic mass is 35.5. The lowest BCUT2D eigenvalue weighted by Gasteiger charge is -2.52. The molecular weight excluding hydrogens is 196 g/mol. The summed E-state index contributed by atoms with van der Waals surface area (Å²) in [5.74, 6) is 0.501. The molecule has 2 bridgehead atoms. The molecule has 0 aromatic rings. The standard InChI is InChI=1S/C8H13ClO2S/c1-12(10,11)8-5-3-2-4-6(8)7(5)9/h5-8H,2-4H2,1H3/t5-,6-,7?,8?/m0/s1. The highest BCUT2D eigenvalue weighted by Crippen LogP contribution is 2.52. The van der Waals surface area contributed by atoms with Crippen molar-refractivity contribution in [1.82, 2.24) is 0 Å². The van der Waals surface area contributed by atoms with Crippen molar-refractivity contribution in [3.05, 3.63) is 0 Å². The van der Waals surface area contributed by atoms with E-state index in [1.807, 2.05) is 0 Å². The largest absolute Gasteiger partial charge is 0.229 e. The van der Waals surface area contributed by atoms with Crippen LogP contribution >= 0.6 is 11.6 Å². The molecule has 2 atom stereocenters. The Morgan fingerprint density at radius 3 is 2.00 bits per heavy atom. The van der Waals surface area contributed by atoms with Gasteiger partial charge in [0.25, 0.3) is 0 Å². The Kier molecular flexibility index (Phi) is 1.92. The van der Waals surface area contributed by atoms with Crippen molar-refractivity contribution in [2.24, 2.45) is 11.8 Å². The molecule has 0 aromatic heterocycles. The van der Waals surface area contributed by atoms with E-state index in [-0.39, 0.29) is 22.5 Å². The van der Waals surface area contributed by atoms with Gasteiger partial charge in [0.2, 0.25) is 0 Å². The van der Waals surface area contributed by atoms with Crippen LogP contribution in [0.5, 0.6) is 0 Å². The van der Waals surface area contributed by atoms with E-state index in [0.29, 0.717) is 0 Å². The fourth-order valence-electron chi connectivity index (χ4n) is 2.72. The van der Waals surface area contributed by atoms with Gasteiger partial charge in [-0.3, -0.25) is 0 Å². The fraction of sp³-hybridized carbons (Fsp3) is 1.00. The van der Waals surface area contributed by atoms with Gasteiger partial charge in [-0.25, -0.2) is 8.42 Å². The number of hydrogen-bond donors (Lipinski definition) is 0. The van der Waals surface area contributed by atoms with Crippen LogP contribution in [0.15, 0.2) is 0 Å². The van der Waals surface area contributed by atoms with Crippen LogP contribution in [0.2, 0.25) is 0 Å². The quantitative estimate of drug-likeness (QED) is 0.612. The summed E-state index contributed by atoms with van der Waals surface area (Å²) in [6.07, 6.45) is 4.50. The molecule has 3 aliphatic rings. The SMILES string of the molecule is CS(=O)(=O)C1[C@H]2CCC[C@H]1C2Cl. The summed E-state index contributed by atoms with van der Waals surface area (Å²) in [6, 6.07) is 0. The molecule has 0 radical (unpaired) electrons. The Hall–Kier alpha value is 0.240. The average Bonchev–Trinajstić information content (AvgIpc) is 2.01. The Bertz CT molecular complexity index is 273. The molecule has 0 aromatic carbocycles. The Labute approximate surface area is 78.2 Å². The van der Waals surface area contributed by atoms with Gasteiger partial charge in [0.15, 0.2) is 9.84 Å². The summed E-state index contributed by atoms with van der Waals surface area (Å²) in [7, 11) is -2.84. The van der Waals surface area contributed by atoms with Crippen LogP contribution < -0.4 is 0 Å². The summed E-state index contributed by atoms with van der Waals surface area (Å²) in [4.78, 5) is 0. The van der Waals surface area contributed by atoms with Gasteiger partial charge in [0, 0.05) is 11.6 Å². The molecule has 3 aliphatic carbocycles. The third kappa shape index (κ3) is 1.10. The van der Waals surface area contributed by atoms with Crippen LogP contribution in [0.3, 0.4) is 0 Å². The Morgan fingerprint density at radius 2 is 1.75 bits per heavy atom. The minimum atomic E-state index is -2.84. The first-order valence-corrected chi connectivity index (χ1v) is 6.74. The van der Waals surface area contributed by atoms with E-state index in [4.69, 9.17) is 11.6 Å². The van der Waals surface area contributed by atoms with Crippen LogP contribution in [0.25, 0.3) is 0 Å². The molecule has 0 amide bonds. The van der Waals surface area contributed by atoms with Crippen LogP contribution in [-0.4, -0.2) is 25.3 Å². The Balaban J connectivity index is 2.23. The second-order valence-corrected chi connectivity index (χ2v) is 6.70. The molecule has 12 heavy (non-hydrogen) atoms. The van der Waals surface area contributed by atoms with Gasteiger partial charge in [-0.1, -0.05) is 6.42 Å². The third-order valence-electron chi connectivity index (χ3n) is 3.23. The molecule has 4 heteroatoms. The molecule has 0 heterocycles. The van der Waals surface area contributed by atoms with Gasteiger partial charge in [0.05, 0.1) is 5.25 Å². The maximum Gasteiger partial charge on any atom is 0.150 e. The van der Waals surface area contributed by atoms with Crippen molar-refractivity contribution in [1.29, 1.82) is 0 Å². The predicted octanol–water partition coefficient (Wildman–Crippen LogP) is 1.44. The molecule has 0 N–H and O–H groups in total. The summed E-state index contributed by atoms with van der Waals surface area (Å²) < 4.78 is 22.6. The smallest absolute Gasteiger partial charge is 0.150 e. The lowest BCUT2D eigenvalue weighted by atomic mass is 9.64. The van der Waals surface area contributed by atoms with Crippen LogP contribution in [0.4, 0.5) is 0 Å². The first kappa shape index (κ1) is 8.82. The average molecular weight is 209 g/mol. The molecule has 2 nitrogen and oxygen atoms in total. The highest BCUT2D eigenvalue weighted by molar-refractivity contribution is 7.91. The predicted molar refractivity (Wildman–Crippen MR) is 49.1 cm³/mol. The zero-order chi connectivity index (χ0) is 8.93. The molecule has 3 fully saturated rings. The van der Waals surface area contributed by atoms with Gasteiger partial charge in [-0.15, -0.1) is 11.6 Å². The number of fused-ring (bicyclic) bond motifs is 2. The van der Waals surface area contributed by atoms with E-state index in [9.17, 15) is 8.42 Å². The normalized spacial score (nSPS) is 46.8. The maximum absolute atomic E-state index is 11.3. The number of alkyl halides is 1. The van der Waals surface area contributed by atoms with E-state index >= 15 is 0 Å². The number of sulfone groups is 1. The van der Waals surface area contributed by atoms with Gasteiger partial charge < -0.3 is 0 Å². The van der Waals surface area contributed by atoms with Gasteiger partial charge in [-0.2, -0.15) is 0 Å². The summed E-state index contributed by atoms with van der Waals surface area (Å²) in [5.41, 5.74) is 0. The van der Waals surface area contributed by atoms with E-state index in [1.165, 1.54) is 6.26 Å². The van der Waals surface area contributed by atoms with Crippen LogP contribution in [0, 0.1) is 11.8 Å². The molecule has 0 unspecified atom stereocenters. The zero-order valence-electron chi connectivity index (χ0n) is 7.03. The molecule has 3 rings (SSSR count). The van der Waals surface area contributed by atoms with Gasteiger partial charge in [0.1, 0.15) is 0 Å². The van der Waals surface area contributed by atoms with Crippen molar-refractivity contribution in [3.8, 4) is 0 Å². The molecular formula is C8H13ClO2S.